The van der Waals surface area contributed by atoms with Crippen molar-refractivity contribution in [2.75, 3.05) is 25.5 Å². The minimum Gasteiger partial charge on any atom is -0.465 e. The Bertz CT molecular complexity index is 737. The highest BCUT2D eigenvalue weighted by Crippen LogP contribution is 2.47. The standard InChI is InChI=1S/C20H22N2O3/c1-25-19(24)15-7-9-17(10-8-15)21-13-18(23)22-14-20(11-12-20)16-5-3-2-4-6-16/h2-10,21H,11-14H2,1H3,(H,22,23). The van der Waals surface area contributed by atoms with Gasteiger partial charge >= 0.3 is 5.97 Å². The highest BCUT2D eigenvalue weighted by molar-refractivity contribution is 5.89. The summed E-state index contributed by atoms with van der Waals surface area (Å²) >= 11 is 0. The molecule has 1 saturated carbocycles. The highest BCUT2D eigenvalue weighted by atomic mass is 16.5. The summed E-state index contributed by atoms with van der Waals surface area (Å²) in [5, 5.41) is 6.08. The minimum atomic E-state index is -0.375. The van der Waals surface area contributed by atoms with Crippen LogP contribution in [0, 0.1) is 0 Å². The Morgan fingerprint density at radius 2 is 1.72 bits per heavy atom. The molecule has 0 saturated heterocycles. The summed E-state index contributed by atoms with van der Waals surface area (Å²) in [6.07, 6.45) is 2.22. The first-order valence-electron chi connectivity index (χ1n) is 8.37. The SMILES string of the molecule is COC(=O)c1ccc(NCC(=O)NCC2(c3ccccc3)CC2)cc1. The Balaban J connectivity index is 1.46. The first kappa shape index (κ1) is 17.0. The second kappa shape index (κ2) is 7.38. The van der Waals surface area contributed by atoms with Crippen molar-refractivity contribution in [3.8, 4) is 0 Å². The Kier molecular flexibility index (Phi) is 5.03. The lowest BCUT2D eigenvalue weighted by Gasteiger charge is -2.17. The molecular formula is C20H22N2O3. The van der Waals surface area contributed by atoms with Crippen molar-refractivity contribution in [1.82, 2.24) is 5.32 Å². The average Bonchev–Trinajstić information content (AvgIpc) is 3.46. The number of methoxy groups -OCH3 is 1. The Hall–Kier alpha value is -2.82. The Morgan fingerprint density at radius 3 is 2.32 bits per heavy atom. The molecule has 0 aliphatic heterocycles. The maximum atomic E-state index is 12.1. The van der Waals surface area contributed by atoms with Crippen LogP contribution in [0.3, 0.4) is 0 Å². The lowest BCUT2D eigenvalue weighted by atomic mass is 9.96. The zero-order valence-corrected chi connectivity index (χ0v) is 14.2. The molecule has 2 aromatic rings. The van der Waals surface area contributed by atoms with E-state index in [2.05, 4.69) is 27.5 Å². The monoisotopic (exact) mass is 338 g/mol. The van der Waals surface area contributed by atoms with E-state index in [0.29, 0.717) is 12.1 Å². The number of benzene rings is 2. The summed E-state index contributed by atoms with van der Waals surface area (Å²) in [5.74, 6) is -0.417. The number of anilines is 1. The molecule has 2 aromatic carbocycles. The molecule has 0 radical (unpaired) electrons. The van der Waals surface area contributed by atoms with Gasteiger partial charge in [0.1, 0.15) is 0 Å². The van der Waals surface area contributed by atoms with Gasteiger partial charge in [0, 0.05) is 17.6 Å². The number of nitrogens with one attached hydrogen (secondary N) is 2. The summed E-state index contributed by atoms with van der Waals surface area (Å²) in [7, 11) is 1.35. The largest absolute Gasteiger partial charge is 0.465 e. The van der Waals surface area contributed by atoms with Crippen molar-refractivity contribution in [3.63, 3.8) is 0 Å². The maximum absolute atomic E-state index is 12.1. The molecule has 130 valence electrons. The van der Waals surface area contributed by atoms with E-state index >= 15 is 0 Å². The summed E-state index contributed by atoms with van der Waals surface area (Å²) < 4.78 is 4.66. The molecule has 0 unspecified atom stereocenters. The van der Waals surface area contributed by atoms with Gasteiger partial charge in [0.2, 0.25) is 5.91 Å². The fraction of sp³-hybridized carbons (Fsp3) is 0.300. The smallest absolute Gasteiger partial charge is 0.337 e. The van der Waals surface area contributed by atoms with Crippen LogP contribution in [0.1, 0.15) is 28.8 Å². The fourth-order valence-electron chi connectivity index (χ4n) is 2.86. The minimum absolute atomic E-state index is 0.0424. The number of hydrogen-bond donors (Lipinski definition) is 2. The predicted octanol–water partition coefficient (Wildman–Crippen LogP) is 2.73. The van der Waals surface area contributed by atoms with Crippen molar-refractivity contribution >= 4 is 17.6 Å². The second-order valence-corrected chi connectivity index (χ2v) is 6.35. The average molecular weight is 338 g/mol. The molecule has 1 fully saturated rings. The molecule has 25 heavy (non-hydrogen) atoms. The molecule has 0 bridgehead atoms. The molecular weight excluding hydrogens is 316 g/mol. The van der Waals surface area contributed by atoms with Gasteiger partial charge < -0.3 is 15.4 Å². The van der Waals surface area contributed by atoms with E-state index in [1.165, 1.54) is 12.7 Å². The van der Waals surface area contributed by atoms with Crippen LogP contribution in [0.4, 0.5) is 5.69 Å². The van der Waals surface area contributed by atoms with E-state index in [9.17, 15) is 9.59 Å². The maximum Gasteiger partial charge on any atom is 0.337 e. The number of carbonyl (C=O) groups is 2. The van der Waals surface area contributed by atoms with Crippen LogP contribution < -0.4 is 10.6 Å². The molecule has 3 rings (SSSR count). The number of hydrogen-bond acceptors (Lipinski definition) is 4. The summed E-state index contributed by atoms with van der Waals surface area (Å²) in [6.45, 7) is 0.862. The first-order valence-corrected chi connectivity index (χ1v) is 8.37. The van der Waals surface area contributed by atoms with Gasteiger partial charge in [-0.3, -0.25) is 4.79 Å². The molecule has 0 heterocycles. The molecule has 1 aliphatic rings. The van der Waals surface area contributed by atoms with Crippen molar-refractivity contribution in [3.05, 3.63) is 65.7 Å². The molecule has 5 nitrogen and oxygen atoms in total. The second-order valence-electron chi connectivity index (χ2n) is 6.35. The van der Waals surface area contributed by atoms with Crippen LogP contribution in [0.2, 0.25) is 0 Å². The van der Waals surface area contributed by atoms with Gasteiger partial charge in [0.25, 0.3) is 0 Å². The van der Waals surface area contributed by atoms with Crippen molar-refractivity contribution in [2.45, 2.75) is 18.3 Å². The first-order chi connectivity index (χ1) is 12.1. The Labute approximate surface area is 147 Å². The number of ether oxygens (including phenoxy) is 1. The summed E-state index contributed by atoms with van der Waals surface area (Å²) in [6, 6.07) is 17.2. The normalized spacial score (nSPS) is 14.4. The van der Waals surface area contributed by atoms with Crippen LogP contribution in [-0.4, -0.2) is 32.1 Å². The molecule has 0 atom stereocenters. The van der Waals surface area contributed by atoms with Crippen molar-refractivity contribution in [2.24, 2.45) is 0 Å². The van der Waals surface area contributed by atoms with Gasteiger partial charge in [-0.15, -0.1) is 0 Å². The van der Waals surface area contributed by atoms with Gasteiger partial charge in [-0.2, -0.15) is 0 Å². The van der Waals surface area contributed by atoms with E-state index in [1.54, 1.807) is 24.3 Å². The number of carbonyl (C=O) groups excluding carboxylic acids is 2. The van der Waals surface area contributed by atoms with E-state index in [1.807, 2.05) is 18.2 Å². The van der Waals surface area contributed by atoms with Gasteiger partial charge in [-0.1, -0.05) is 30.3 Å². The van der Waals surface area contributed by atoms with Crippen LogP contribution in [-0.2, 0) is 14.9 Å². The quantitative estimate of drug-likeness (QED) is 0.762. The topological polar surface area (TPSA) is 67.4 Å². The molecule has 0 aromatic heterocycles. The van der Waals surface area contributed by atoms with Crippen molar-refractivity contribution < 1.29 is 14.3 Å². The molecule has 1 aliphatic carbocycles. The number of esters is 1. The predicted molar refractivity (Wildman–Crippen MR) is 96.6 cm³/mol. The molecule has 1 amide bonds. The third-order valence-corrected chi connectivity index (χ3v) is 4.62. The van der Waals surface area contributed by atoms with Crippen LogP contribution >= 0.6 is 0 Å². The third kappa shape index (κ3) is 4.18. The lowest BCUT2D eigenvalue weighted by Crippen LogP contribution is -2.35. The molecule has 0 spiro atoms. The zero-order valence-electron chi connectivity index (χ0n) is 14.2. The number of rotatable bonds is 7. The zero-order chi connectivity index (χ0) is 17.7. The summed E-state index contributed by atoms with van der Waals surface area (Å²) in [4.78, 5) is 23.5. The van der Waals surface area contributed by atoms with E-state index in [0.717, 1.165) is 18.5 Å². The molecule has 5 heteroatoms. The van der Waals surface area contributed by atoms with Gasteiger partial charge in [0.15, 0.2) is 0 Å². The van der Waals surface area contributed by atoms with Gasteiger partial charge in [-0.05, 0) is 42.7 Å². The van der Waals surface area contributed by atoms with Crippen LogP contribution in [0.5, 0.6) is 0 Å². The van der Waals surface area contributed by atoms with E-state index in [4.69, 9.17) is 0 Å². The van der Waals surface area contributed by atoms with E-state index < -0.39 is 0 Å². The fourth-order valence-corrected chi connectivity index (χ4v) is 2.86. The third-order valence-electron chi connectivity index (χ3n) is 4.62. The number of amides is 1. The lowest BCUT2D eigenvalue weighted by molar-refractivity contribution is -0.119. The van der Waals surface area contributed by atoms with Crippen molar-refractivity contribution in [1.29, 1.82) is 0 Å². The molecule has 2 N–H and O–H groups in total. The van der Waals surface area contributed by atoms with E-state index in [-0.39, 0.29) is 23.8 Å². The van der Waals surface area contributed by atoms with Gasteiger partial charge in [-0.25, -0.2) is 4.79 Å². The van der Waals surface area contributed by atoms with Crippen LogP contribution in [0.25, 0.3) is 0 Å². The van der Waals surface area contributed by atoms with Gasteiger partial charge in [0.05, 0.1) is 19.2 Å². The van der Waals surface area contributed by atoms with Crippen LogP contribution in [0.15, 0.2) is 54.6 Å². The highest BCUT2D eigenvalue weighted by Gasteiger charge is 2.44. The summed E-state index contributed by atoms with van der Waals surface area (Å²) in [5.41, 5.74) is 2.67. The Morgan fingerprint density at radius 1 is 1.04 bits per heavy atom.